The molecule has 1 atom stereocenters. The molecule has 4 rings (SSSR count). The topological polar surface area (TPSA) is 94.7 Å². The van der Waals surface area contributed by atoms with Crippen LogP contribution in [0.5, 0.6) is 0 Å². The highest BCUT2D eigenvalue weighted by molar-refractivity contribution is 5.65. The molecule has 0 bridgehead atoms. The minimum absolute atomic E-state index is 0.107. The van der Waals surface area contributed by atoms with Crippen LogP contribution < -0.4 is 5.32 Å². The summed E-state index contributed by atoms with van der Waals surface area (Å²) in [5, 5.41) is 22.1. The number of nitrogens with zero attached hydrogens (tertiary/aromatic N) is 4. The van der Waals surface area contributed by atoms with Crippen LogP contribution in [0, 0.1) is 18.3 Å². The van der Waals surface area contributed by atoms with Gasteiger partial charge in [0, 0.05) is 34.8 Å². The van der Waals surface area contributed by atoms with Gasteiger partial charge in [-0.15, -0.1) is 0 Å². The number of hydrogen-bond acceptors (Lipinski definition) is 6. The lowest BCUT2D eigenvalue weighted by atomic mass is 9.85. The van der Waals surface area contributed by atoms with E-state index in [1.165, 1.54) is 0 Å². The average molecular weight is 371 g/mol. The quantitative estimate of drug-likeness (QED) is 0.727. The number of aliphatic hydroxyl groups is 1. The molecule has 1 aliphatic carbocycles. The van der Waals surface area contributed by atoms with E-state index < -0.39 is 0 Å². The normalized spacial score (nSPS) is 17.8. The molecule has 0 spiro atoms. The lowest BCUT2D eigenvalue weighted by Crippen LogP contribution is -2.23. The summed E-state index contributed by atoms with van der Waals surface area (Å²) in [5.41, 5.74) is 5.94. The van der Waals surface area contributed by atoms with E-state index in [1.54, 1.807) is 18.3 Å². The van der Waals surface area contributed by atoms with Gasteiger partial charge in [0.1, 0.15) is 0 Å². The summed E-state index contributed by atoms with van der Waals surface area (Å²) < 4.78 is 0. The van der Waals surface area contributed by atoms with Crippen molar-refractivity contribution in [3.05, 3.63) is 65.1 Å². The summed E-state index contributed by atoms with van der Waals surface area (Å²) in [6.07, 6.45) is 5.32. The van der Waals surface area contributed by atoms with E-state index in [9.17, 15) is 5.11 Å². The Morgan fingerprint density at radius 3 is 2.89 bits per heavy atom. The van der Waals surface area contributed by atoms with Gasteiger partial charge in [0.15, 0.2) is 0 Å². The van der Waals surface area contributed by atoms with Gasteiger partial charge >= 0.3 is 0 Å². The minimum atomic E-state index is -0.249. The lowest BCUT2D eigenvalue weighted by Gasteiger charge is -2.22. The Morgan fingerprint density at radius 2 is 2.11 bits per heavy atom. The molecule has 1 aromatic carbocycles. The molecular formula is C22H21N5O. The fourth-order valence-electron chi connectivity index (χ4n) is 3.57. The second-order valence-corrected chi connectivity index (χ2v) is 7.47. The first-order valence-electron chi connectivity index (χ1n) is 9.24. The van der Waals surface area contributed by atoms with Gasteiger partial charge < -0.3 is 10.4 Å². The Bertz CT molecular complexity index is 1090. The molecule has 2 aromatic heterocycles. The van der Waals surface area contributed by atoms with Crippen molar-refractivity contribution in [3.63, 3.8) is 0 Å². The molecule has 6 heteroatoms. The Balaban J connectivity index is 1.67. The Labute approximate surface area is 163 Å². The number of aliphatic hydroxyl groups excluding tert-OH is 1. The third kappa shape index (κ3) is 3.21. The smallest absolute Gasteiger partial charge is 0.227 e. The molecule has 2 N–H and O–H groups in total. The van der Waals surface area contributed by atoms with Crippen molar-refractivity contribution in [1.82, 2.24) is 15.0 Å². The summed E-state index contributed by atoms with van der Waals surface area (Å²) >= 11 is 0. The van der Waals surface area contributed by atoms with Crippen LogP contribution >= 0.6 is 0 Å². The molecular weight excluding hydrogens is 350 g/mol. The highest BCUT2D eigenvalue weighted by atomic mass is 16.3. The van der Waals surface area contributed by atoms with Gasteiger partial charge in [0.2, 0.25) is 5.95 Å². The fraction of sp³-hybridized carbons (Fsp3) is 0.273. The molecule has 28 heavy (non-hydrogen) atoms. The SMILES string of the molecule is Cc1ccc(C#N)cc1Nc1nccc(-c2cnc3c(c2)C(C)(CO)CC3)n1. The molecule has 0 aliphatic heterocycles. The second kappa shape index (κ2) is 7.02. The number of fused-ring (bicyclic) bond motifs is 1. The third-order valence-corrected chi connectivity index (χ3v) is 5.45. The van der Waals surface area contributed by atoms with Crippen LogP contribution in [0.2, 0.25) is 0 Å². The van der Waals surface area contributed by atoms with Crippen molar-refractivity contribution in [3.8, 4) is 17.3 Å². The van der Waals surface area contributed by atoms with E-state index in [2.05, 4.69) is 39.3 Å². The molecule has 140 valence electrons. The van der Waals surface area contributed by atoms with Crippen molar-refractivity contribution in [1.29, 1.82) is 5.26 Å². The highest BCUT2D eigenvalue weighted by Crippen LogP contribution is 2.39. The molecule has 0 radical (unpaired) electrons. The van der Waals surface area contributed by atoms with Crippen molar-refractivity contribution in [2.75, 3.05) is 11.9 Å². The second-order valence-electron chi connectivity index (χ2n) is 7.47. The maximum atomic E-state index is 9.82. The molecule has 0 saturated carbocycles. The van der Waals surface area contributed by atoms with Crippen LogP contribution in [0.15, 0.2) is 42.7 Å². The van der Waals surface area contributed by atoms with Crippen molar-refractivity contribution >= 4 is 11.6 Å². The largest absolute Gasteiger partial charge is 0.395 e. The van der Waals surface area contributed by atoms with Crippen LogP contribution in [0.1, 0.15) is 35.7 Å². The number of nitriles is 1. The van der Waals surface area contributed by atoms with Crippen LogP contribution in [-0.4, -0.2) is 26.7 Å². The van der Waals surface area contributed by atoms with E-state index in [1.807, 2.05) is 25.3 Å². The summed E-state index contributed by atoms with van der Waals surface area (Å²) in [6.45, 7) is 4.14. The highest BCUT2D eigenvalue weighted by Gasteiger charge is 2.34. The van der Waals surface area contributed by atoms with E-state index in [0.29, 0.717) is 11.5 Å². The predicted octanol–water partition coefficient (Wildman–Crippen LogP) is 3.66. The van der Waals surface area contributed by atoms with Crippen LogP contribution in [0.25, 0.3) is 11.3 Å². The van der Waals surface area contributed by atoms with Crippen LogP contribution in [0.4, 0.5) is 11.6 Å². The minimum Gasteiger partial charge on any atom is -0.395 e. The molecule has 2 heterocycles. The monoisotopic (exact) mass is 371 g/mol. The fourth-order valence-corrected chi connectivity index (χ4v) is 3.57. The molecule has 0 amide bonds. The van der Waals surface area contributed by atoms with Gasteiger partial charge in [-0.1, -0.05) is 13.0 Å². The van der Waals surface area contributed by atoms with Crippen molar-refractivity contribution in [2.24, 2.45) is 0 Å². The van der Waals surface area contributed by atoms with Gasteiger partial charge in [0.25, 0.3) is 0 Å². The zero-order chi connectivity index (χ0) is 19.7. The number of hydrogen-bond donors (Lipinski definition) is 2. The lowest BCUT2D eigenvalue weighted by molar-refractivity contribution is 0.206. The van der Waals surface area contributed by atoms with E-state index in [4.69, 9.17) is 5.26 Å². The summed E-state index contributed by atoms with van der Waals surface area (Å²) in [6, 6.07) is 11.5. The van der Waals surface area contributed by atoms with E-state index in [0.717, 1.165) is 46.6 Å². The number of benzene rings is 1. The van der Waals surface area contributed by atoms with Crippen molar-refractivity contribution in [2.45, 2.75) is 32.1 Å². The van der Waals surface area contributed by atoms with Gasteiger partial charge in [-0.3, -0.25) is 4.98 Å². The number of aromatic nitrogens is 3. The maximum absolute atomic E-state index is 9.82. The maximum Gasteiger partial charge on any atom is 0.227 e. The molecule has 3 aromatic rings. The average Bonchev–Trinajstić information content (AvgIpc) is 3.07. The van der Waals surface area contributed by atoms with E-state index >= 15 is 0 Å². The molecule has 1 unspecified atom stereocenters. The number of rotatable bonds is 4. The number of pyridine rings is 1. The number of anilines is 2. The molecule has 0 saturated heterocycles. The van der Waals surface area contributed by atoms with Gasteiger partial charge in [-0.25, -0.2) is 9.97 Å². The van der Waals surface area contributed by atoms with Crippen LogP contribution in [-0.2, 0) is 11.8 Å². The Hall–Kier alpha value is -3.30. The Kier molecular flexibility index (Phi) is 4.54. The van der Waals surface area contributed by atoms with Gasteiger partial charge in [-0.2, -0.15) is 5.26 Å². The first-order valence-corrected chi connectivity index (χ1v) is 9.24. The summed E-state index contributed by atoms with van der Waals surface area (Å²) in [4.78, 5) is 13.5. The first-order chi connectivity index (χ1) is 13.5. The summed E-state index contributed by atoms with van der Waals surface area (Å²) in [7, 11) is 0. The summed E-state index contributed by atoms with van der Waals surface area (Å²) in [5.74, 6) is 0.459. The standard InChI is InChI=1S/C22H21N5O/c1-14-3-4-15(11-23)9-20(14)27-21-24-8-6-18(26-21)16-10-17-19(25-12-16)5-7-22(17,2)13-28/h3-4,6,8-10,12,28H,5,7,13H2,1-2H3,(H,24,26,27). The molecule has 0 fully saturated rings. The zero-order valence-corrected chi connectivity index (χ0v) is 15.9. The molecule has 6 nitrogen and oxygen atoms in total. The van der Waals surface area contributed by atoms with Crippen molar-refractivity contribution < 1.29 is 5.11 Å². The molecule has 1 aliphatic rings. The predicted molar refractivity (Wildman–Crippen MR) is 107 cm³/mol. The van der Waals surface area contributed by atoms with Gasteiger partial charge in [-0.05, 0) is 55.2 Å². The van der Waals surface area contributed by atoms with Crippen LogP contribution in [0.3, 0.4) is 0 Å². The zero-order valence-electron chi connectivity index (χ0n) is 15.9. The van der Waals surface area contributed by atoms with Gasteiger partial charge in [0.05, 0.1) is 23.9 Å². The number of nitrogens with one attached hydrogen (secondary N) is 1. The number of aryl methyl sites for hydroxylation is 2. The first kappa shape index (κ1) is 18.1. The Morgan fingerprint density at radius 1 is 1.25 bits per heavy atom. The third-order valence-electron chi connectivity index (χ3n) is 5.45. The van der Waals surface area contributed by atoms with E-state index in [-0.39, 0.29) is 12.0 Å².